The second-order valence-electron chi connectivity index (χ2n) is 8.40. The van der Waals surface area contributed by atoms with Crippen molar-refractivity contribution in [3.8, 4) is 5.75 Å². The van der Waals surface area contributed by atoms with Gasteiger partial charge >= 0.3 is 0 Å². The number of benzene rings is 1. The molecule has 0 bridgehead atoms. The molecule has 0 fully saturated rings. The van der Waals surface area contributed by atoms with Crippen molar-refractivity contribution in [1.29, 1.82) is 0 Å². The molecule has 2 aromatic rings. The van der Waals surface area contributed by atoms with E-state index in [0.717, 1.165) is 29.6 Å². The van der Waals surface area contributed by atoms with Crippen LogP contribution >= 0.6 is 0 Å². The summed E-state index contributed by atoms with van der Waals surface area (Å²) in [6.45, 7) is 16.3. The zero-order valence-corrected chi connectivity index (χ0v) is 18.8. The number of aryl methyl sites for hydroxylation is 1. The van der Waals surface area contributed by atoms with Crippen molar-refractivity contribution >= 4 is 5.96 Å². The maximum absolute atomic E-state index is 6.13. The topological polar surface area (TPSA) is 84.6 Å². The molecule has 0 aliphatic heterocycles. The monoisotopic (exact) mass is 401 g/mol. The summed E-state index contributed by atoms with van der Waals surface area (Å²) in [6.07, 6.45) is 0.646. The van der Waals surface area contributed by atoms with Gasteiger partial charge in [0.25, 0.3) is 0 Å². The van der Waals surface area contributed by atoms with Crippen molar-refractivity contribution in [2.45, 2.75) is 73.0 Å². The molecule has 29 heavy (non-hydrogen) atoms. The first-order valence-corrected chi connectivity index (χ1v) is 10.3. The Morgan fingerprint density at radius 1 is 1.24 bits per heavy atom. The summed E-state index contributed by atoms with van der Waals surface area (Å²) >= 11 is 0. The molecule has 2 rings (SSSR count). The third-order valence-corrected chi connectivity index (χ3v) is 4.02. The van der Waals surface area contributed by atoms with Gasteiger partial charge in [0, 0.05) is 31.0 Å². The molecule has 0 unspecified atom stereocenters. The van der Waals surface area contributed by atoms with Crippen molar-refractivity contribution in [1.82, 2.24) is 20.8 Å². The number of ether oxygens (including phenoxy) is 1. The summed E-state index contributed by atoms with van der Waals surface area (Å²) in [5.41, 5.74) is 1.97. The van der Waals surface area contributed by atoms with Crippen molar-refractivity contribution in [2.75, 3.05) is 13.1 Å². The lowest BCUT2D eigenvalue weighted by atomic mass is 10.1. The van der Waals surface area contributed by atoms with Gasteiger partial charge in [0.05, 0.1) is 6.54 Å². The van der Waals surface area contributed by atoms with E-state index in [1.165, 1.54) is 5.56 Å². The lowest BCUT2D eigenvalue weighted by Crippen LogP contribution is -2.38. The van der Waals surface area contributed by atoms with Crippen LogP contribution in [0.3, 0.4) is 0 Å². The minimum absolute atomic E-state index is 0.256. The first kappa shape index (κ1) is 22.7. The number of aromatic nitrogens is 2. The van der Waals surface area contributed by atoms with Crippen LogP contribution in [0.4, 0.5) is 0 Å². The summed E-state index contributed by atoms with van der Waals surface area (Å²) in [7, 11) is 0. The van der Waals surface area contributed by atoms with E-state index < -0.39 is 0 Å². The largest absolute Gasteiger partial charge is 0.488 e. The van der Waals surface area contributed by atoms with E-state index in [4.69, 9.17) is 14.3 Å². The van der Waals surface area contributed by atoms with Crippen LogP contribution in [0.5, 0.6) is 5.75 Å². The molecule has 7 heteroatoms. The molecule has 0 saturated heterocycles. The zero-order chi connectivity index (χ0) is 21.4. The normalized spacial score (nSPS) is 12.3. The standard InChI is InChI=1S/C22H35N5O2/c1-8-23-21(24-12-11-19-26-20(15(2)3)27-29-19)25-14-17-10-9-16(4)13-18(17)28-22(5,6)7/h9-10,13,15H,8,11-12,14H2,1-7H3,(H2,23,24,25). The summed E-state index contributed by atoms with van der Waals surface area (Å²) in [4.78, 5) is 9.12. The average molecular weight is 402 g/mol. The molecule has 0 atom stereocenters. The first-order valence-electron chi connectivity index (χ1n) is 10.3. The number of hydrogen-bond acceptors (Lipinski definition) is 5. The van der Waals surface area contributed by atoms with Crippen LogP contribution in [0, 0.1) is 6.92 Å². The van der Waals surface area contributed by atoms with Gasteiger partial charge in [-0.15, -0.1) is 0 Å². The molecule has 0 aliphatic carbocycles. The number of rotatable bonds is 8. The van der Waals surface area contributed by atoms with Gasteiger partial charge in [0.15, 0.2) is 11.8 Å². The third-order valence-electron chi connectivity index (χ3n) is 4.02. The number of hydrogen-bond donors (Lipinski definition) is 2. The molecule has 0 spiro atoms. The van der Waals surface area contributed by atoms with Crippen LogP contribution in [0.1, 0.15) is 70.3 Å². The van der Waals surface area contributed by atoms with E-state index >= 15 is 0 Å². The van der Waals surface area contributed by atoms with Gasteiger partial charge in [-0.25, -0.2) is 4.99 Å². The molecule has 160 valence electrons. The van der Waals surface area contributed by atoms with Crippen LogP contribution in [0.2, 0.25) is 0 Å². The SMILES string of the molecule is CCNC(=NCc1ccc(C)cc1OC(C)(C)C)NCCc1nc(C(C)C)no1. The highest BCUT2D eigenvalue weighted by Gasteiger charge is 2.15. The molecular formula is C22H35N5O2. The summed E-state index contributed by atoms with van der Waals surface area (Å²) in [5, 5.41) is 10.6. The van der Waals surface area contributed by atoms with Crippen molar-refractivity contribution < 1.29 is 9.26 Å². The van der Waals surface area contributed by atoms with E-state index in [-0.39, 0.29) is 11.5 Å². The molecule has 1 aromatic heterocycles. The third kappa shape index (κ3) is 7.75. The summed E-state index contributed by atoms with van der Waals surface area (Å²) < 4.78 is 11.4. The van der Waals surface area contributed by atoms with Crippen molar-refractivity contribution in [2.24, 2.45) is 4.99 Å². The molecule has 2 N–H and O–H groups in total. The maximum Gasteiger partial charge on any atom is 0.228 e. The van der Waals surface area contributed by atoms with Crippen molar-refractivity contribution in [3.63, 3.8) is 0 Å². The Bertz CT molecular complexity index is 806. The predicted molar refractivity (Wildman–Crippen MR) is 116 cm³/mol. The smallest absolute Gasteiger partial charge is 0.228 e. The summed E-state index contributed by atoms with van der Waals surface area (Å²) in [5.74, 6) is 3.27. The lowest BCUT2D eigenvalue weighted by molar-refractivity contribution is 0.129. The fraction of sp³-hybridized carbons (Fsp3) is 0.591. The fourth-order valence-corrected chi connectivity index (χ4v) is 2.62. The Balaban J connectivity index is 2.01. The molecule has 0 saturated carbocycles. The highest BCUT2D eigenvalue weighted by atomic mass is 16.5. The number of guanidine groups is 1. The van der Waals surface area contributed by atoms with Gasteiger partial charge in [-0.3, -0.25) is 0 Å². The fourth-order valence-electron chi connectivity index (χ4n) is 2.62. The predicted octanol–water partition coefficient (Wildman–Crippen LogP) is 3.98. The second-order valence-corrected chi connectivity index (χ2v) is 8.40. The second kappa shape index (κ2) is 10.3. The Labute approximate surface area is 174 Å². The lowest BCUT2D eigenvalue weighted by Gasteiger charge is -2.23. The van der Waals surface area contributed by atoms with Crippen LogP contribution < -0.4 is 15.4 Å². The van der Waals surface area contributed by atoms with Gasteiger partial charge in [-0.2, -0.15) is 4.98 Å². The van der Waals surface area contributed by atoms with Crippen LogP contribution in [-0.2, 0) is 13.0 Å². The molecule has 1 aromatic carbocycles. The van der Waals surface area contributed by atoms with Gasteiger partial charge < -0.3 is 19.9 Å². The Morgan fingerprint density at radius 3 is 2.62 bits per heavy atom. The molecule has 7 nitrogen and oxygen atoms in total. The zero-order valence-electron chi connectivity index (χ0n) is 18.8. The van der Waals surface area contributed by atoms with E-state index in [9.17, 15) is 0 Å². The maximum atomic E-state index is 6.13. The Kier molecular flexibility index (Phi) is 8.05. The van der Waals surface area contributed by atoms with Gasteiger partial charge in [0.2, 0.25) is 5.89 Å². The molecule has 0 amide bonds. The van der Waals surface area contributed by atoms with Gasteiger partial charge in [-0.05, 0) is 46.2 Å². The van der Waals surface area contributed by atoms with Crippen LogP contribution in [0.25, 0.3) is 0 Å². The molecule has 0 radical (unpaired) electrons. The van der Waals surface area contributed by atoms with Gasteiger partial charge in [0.1, 0.15) is 11.4 Å². The minimum Gasteiger partial charge on any atom is -0.488 e. The molecular weight excluding hydrogens is 366 g/mol. The summed E-state index contributed by atoms with van der Waals surface area (Å²) in [6, 6.07) is 6.23. The minimum atomic E-state index is -0.256. The van der Waals surface area contributed by atoms with Crippen LogP contribution in [0.15, 0.2) is 27.7 Å². The van der Waals surface area contributed by atoms with Crippen molar-refractivity contribution in [3.05, 3.63) is 41.0 Å². The Hall–Kier alpha value is -2.57. The van der Waals surface area contributed by atoms with Gasteiger partial charge in [-0.1, -0.05) is 31.1 Å². The van der Waals surface area contributed by atoms with E-state index in [0.29, 0.717) is 25.4 Å². The quantitative estimate of drug-likeness (QED) is 0.514. The highest BCUT2D eigenvalue weighted by Crippen LogP contribution is 2.25. The van der Waals surface area contributed by atoms with Crippen LogP contribution in [-0.4, -0.2) is 34.8 Å². The van der Waals surface area contributed by atoms with E-state index in [1.807, 2.05) is 20.8 Å². The molecule has 0 aliphatic rings. The number of aliphatic imine (C=N–C) groups is 1. The molecule has 1 heterocycles. The Morgan fingerprint density at radius 2 is 2.00 bits per heavy atom. The van der Waals surface area contributed by atoms with E-state index in [1.54, 1.807) is 0 Å². The number of nitrogens with one attached hydrogen (secondary N) is 2. The highest BCUT2D eigenvalue weighted by molar-refractivity contribution is 5.79. The van der Waals surface area contributed by atoms with E-state index in [2.05, 4.69) is 66.7 Å². The number of nitrogens with zero attached hydrogens (tertiary/aromatic N) is 3. The average Bonchev–Trinajstić information content (AvgIpc) is 3.09. The first-order chi connectivity index (χ1) is 13.7.